The van der Waals surface area contributed by atoms with Gasteiger partial charge in [-0.25, -0.2) is 0 Å². The van der Waals surface area contributed by atoms with Gasteiger partial charge in [-0.15, -0.1) is 0 Å². The highest BCUT2D eigenvalue weighted by Gasteiger charge is 2.43. The molecule has 0 spiro atoms. The van der Waals surface area contributed by atoms with E-state index >= 15 is 0 Å². The van der Waals surface area contributed by atoms with Crippen LogP contribution in [-0.4, -0.2) is 19.5 Å². The van der Waals surface area contributed by atoms with Gasteiger partial charge in [-0.1, -0.05) is 20.8 Å². The third-order valence-electron chi connectivity index (χ3n) is 3.38. The molecule has 0 aromatic heterocycles. The molecule has 0 aromatic rings. The average molecular weight is 152 g/mol. The Morgan fingerprint density at radius 3 is 2.18 bits per heavy atom. The fourth-order valence-corrected chi connectivity index (χ4v) is 1.77. The van der Waals surface area contributed by atoms with E-state index in [1.807, 2.05) is 0 Å². The van der Waals surface area contributed by atoms with E-state index < -0.39 is 0 Å². The fraction of sp³-hybridized carbons (Fsp3) is 1.00. The van der Waals surface area contributed by atoms with E-state index in [2.05, 4.69) is 27.7 Å². The molecule has 62 valence electrons. The van der Waals surface area contributed by atoms with Crippen LogP contribution < -0.4 is 0 Å². The van der Waals surface area contributed by atoms with Crippen LogP contribution in [0.1, 0.15) is 34.1 Å². The summed E-state index contributed by atoms with van der Waals surface area (Å²) in [5.41, 5.74) is 0.0127. The minimum absolute atomic E-state index is 0.0127. The quantitative estimate of drug-likeness (QED) is 0.522. The lowest BCUT2D eigenvalue weighted by molar-refractivity contribution is -0.0188. The second-order valence-corrected chi connectivity index (χ2v) is 3.90. The van der Waals surface area contributed by atoms with Crippen LogP contribution in [0.5, 0.6) is 0 Å². The van der Waals surface area contributed by atoms with Crippen LogP contribution in [0.15, 0.2) is 0 Å². The third-order valence-corrected chi connectivity index (χ3v) is 3.38. The van der Waals surface area contributed by atoms with Crippen molar-refractivity contribution < 1.29 is 4.74 Å². The lowest BCUT2D eigenvalue weighted by atomic mass is 9.77. The molecule has 1 rings (SSSR count). The van der Waals surface area contributed by atoms with Crippen molar-refractivity contribution in [1.29, 1.82) is 0 Å². The summed E-state index contributed by atoms with van der Waals surface area (Å²) < 4.78 is 5.70. The van der Waals surface area contributed by atoms with Gasteiger partial charge in [0.2, 0.25) is 0 Å². The van der Waals surface area contributed by atoms with E-state index in [0.29, 0.717) is 11.8 Å². The molecule has 1 aliphatic rings. The van der Waals surface area contributed by atoms with Gasteiger partial charge in [-0.2, -0.15) is 0 Å². The average Bonchev–Trinajstić information content (AvgIpc) is 2.17. The molecule has 0 aromatic carbocycles. The Kier molecular flexibility index (Phi) is 2.33. The molecule has 0 N–H and O–H groups in total. The van der Waals surface area contributed by atoms with E-state index in [1.54, 1.807) is 0 Å². The topological polar surface area (TPSA) is 9.23 Å². The second-order valence-electron chi connectivity index (χ2n) is 3.90. The lowest BCUT2D eigenvalue weighted by Crippen LogP contribution is -2.30. The fourth-order valence-electron chi connectivity index (χ4n) is 1.77. The van der Waals surface area contributed by atoms with Crippen molar-refractivity contribution in [3.8, 4) is 0 Å². The van der Waals surface area contributed by atoms with Crippen molar-refractivity contribution in [2.75, 3.05) is 0 Å². The van der Waals surface area contributed by atoms with Crippen LogP contribution in [0.3, 0.4) is 0 Å². The molecule has 0 amide bonds. The molecule has 1 heterocycles. The highest BCUT2D eigenvalue weighted by Crippen LogP contribution is 2.40. The van der Waals surface area contributed by atoms with Gasteiger partial charge in [0.05, 0.1) is 5.60 Å². The molecular weight excluding hydrogens is 135 g/mol. The summed E-state index contributed by atoms with van der Waals surface area (Å²) in [7, 11) is 5.80. The van der Waals surface area contributed by atoms with Gasteiger partial charge < -0.3 is 4.74 Å². The zero-order chi connectivity index (χ0) is 8.65. The van der Waals surface area contributed by atoms with Crippen LogP contribution in [0.2, 0.25) is 0 Å². The molecule has 1 unspecified atom stereocenters. The molecule has 0 bridgehead atoms. The molecule has 1 aliphatic heterocycles. The van der Waals surface area contributed by atoms with Crippen LogP contribution >= 0.6 is 0 Å². The largest absolute Gasteiger partial charge is 0.381 e. The summed E-state index contributed by atoms with van der Waals surface area (Å²) in [6, 6.07) is -0.0602. The molecule has 1 nitrogen and oxygen atoms in total. The zero-order valence-electron chi connectivity index (χ0n) is 7.92. The minimum Gasteiger partial charge on any atom is -0.381 e. The standard InChI is InChI=1S/C9H17BO/c1-5-9(4)7(3)6(2)8(10)11-9/h6-8H,5H2,1-4H3/t6?,7-,8-,9-/m1/s1. The maximum Gasteiger partial charge on any atom is 0.109 e. The smallest absolute Gasteiger partial charge is 0.109 e. The lowest BCUT2D eigenvalue weighted by Gasteiger charge is -2.27. The summed E-state index contributed by atoms with van der Waals surface area (Å²) in [6.45, 7) is 8.69. The monoisotopic (exact) mass is 152 g/mol. The minimum atomic E-state index is -0.0602. The highest BCUT2D eigenvalue weighted by molar-refractivity contribution is 6.11. The van der Waals surface area contributed by atoms with Crippen molar-refractivity contribution in [1.82, 2.24) is 0 Å². The van der Waals surface area contributed by atoms with Crippen molar-refractivity contribution in [3.05, 3.63) is 0 Å². The summed E-state index contributed by atoms with van der Waals surface area (Å²) in [5.74, 6) is 1.06. The van der Waals surface area contributed by atoms with E-state index in [-0.39, 0.29) is 11.6 Å². The van der Waals surface area contributed by atoms with E-state index in [0.717, 1.165) is 6.42 Å². The predicted octanol–water partition coefficient (Wildman–Crippen LogP) is 1.95. The second kappa shape index (κ2) is 2.82. The maximum absolute atomic E-state index is 5.80. The van der Waals surface area contributed by atoms with E-state index in [1.165, 1.54) is 0 Å². The van der Waals surface area contributed by atoms with Gasteiger partial charge in [-0.3, -0.25) is 0 Å². The molecule has 0 aliphatic carbocycles. The molecule has 4 atom stereocenters. The Labute approximate surface area is 70.9 Å². The third kappa shape index (κ3) is 1.33. The Morgan fingerprint density at radius 2 is 2.00 bits per heavy atom. The molecule has 2 radical (unpaired) electrons. The van der Waals surface area contributed by atoms with Crippen LogP contribution in [0.4, 0.5) is 0 Å². The number of ether oxygens (including phenoxy) is 1. The van der Waals surface area contributed by atoms with Crippen molar-refractivity contribution in [2.24, 2.45) is 11.8 Å². The highest BCUT2D eigenvalue weighted by atomic mass is 16.5. The van der Waals surface area contributed by atoms with Crippen molar-refractivity contribution in [3.63, 3.8) is 0 Å². The first-order chi connectivity index (χ1) is 5.01. The van der Waals surface area contributed by atoms with E-state index in [9.17, 15) is 0 Å². The summed E-state index contributed by atoms with van der Waals surface area (Å²) in [4.78, 5) is 0. The summed E-state index contributed by atoms with van der Waals surface area (Å²) in [6.07, 6.45) is 1.05. The van der Waals surface area contributed by atoms with Gasteiger partial charge in [0.15, 0.2) is 0 Å². The SMILES string of the molecule is [B][C@@H]1O[C@](C)(CC)[C@H](C)C1C. The van der Waals surface area contributed by atoms with Gasteiger partial charge in [0.1, 0.15) is 7.85 Å². The van der Waals surface area contributed by atoms with Gasteiger partial charge in [0, 0.05) is 6.00 Å². The summed E-state index contributed by atoms with van der Waals surface area (Å²) in [5, 5.41) is 0. The van der Waals surface area contributed by atoms with Crippen LogP contribution in [0, 0.1) is 11.8 Å². The number of hydrogen-bond acceptors (Lipinski definition) is 1. The van der Waals surface area contributed by atoms with Crippen LogP contribution in [0.25, 0.3) is 0 Å². The molecule has 1 saturated heterocycles. The Hall–Kier alpha value is 0.0249. The number of hydrogen-bond donors (Lipinski definition) is 0. The van der Waals surface area contributed by atoms with Crippen molar-refractivity contribution in [2.45, 2.75) is 45.7 Å². The molecule has 2 heteroatoms. The maximum atomic E-state index is 5.80. The Morgan fingerprint density at radius 1 is 1.45 bits per heavy atom. The summed E-state index contributed by atoms with van der Waals surface area (Å²) >= 11 is 0. The molecule has 11 heavy (non-hydrogen) atoms. The van der Waals surface area contributed by atoms with Gasteiger partial charge in [0.25, 0.3) is 0 Å². The molecule has 0 saturated carbocycles. The molecule has 1 fully saturated rings. The first kappa shape index (κ1) is 9.12. The Bertz CT molecular complexity index is 148. The van der Waals surface area contributed by atoms with Crippen LogP contribution in [-0.2, 0) is 4.74 Å². The van der Waals surface area contributed by atoms with E-state index in [4.69, 9.17) is 12.6 Å². The zero-order valence-corrected chi connectivity index (χ0v) is 7.92. The van der Waals surface area contributed by atoms with Gasteiger partial charge >= 0.3 is 0 Å². The first-order valence-electron chi connectivity index (χ1n) is 4.44. The van der Waals surface area contributed by atoms with Gasteiger partial charge in [-0.05, 0) is 25.2 Å². The normalized spacial score (nSPS) is 51.5. The first-order valence-corrected chi connectivity index (χ1v) is 4.44. The number of rotatable bonds is 1. The predicted molar refractivity (Wildman–Crippen MR) is 47.7 cm³/mol. The van der Waals surface area contributed by atoms with Crippen molar-refractivity contribution >= 4 is 7.85 Å². The molecular formula is C9H17BO. The Balaban J connectivity index is 2.73.